The van der Waals surface area contributed by atoms with Crippen molar-refractivity contribution >= 4 is 0 Å². The van der Waals surface area contributed by atoms with Gasteiger partial charge in [-0.3, -0.25) is 0 Å². The molecule has 0 fully saturated rings. The van der Waals surface area contributed by atoms with Crippen LogP contribution < -0.4 is 0 Å². The fourth-order valence-electron chi connectivity index (χ4n) is 1.24. The van der Waals surface area contributed by atoms with Gasteiger partial charge in [0.05, 0.1) is 0 Å². The molecule has 0 spiro atoms. The molecule has 0 heterocycles. The zero-order valence-corrected chi connectivity index (χ0v) is 8.85. The monoisotopic (exact) mass is 167 g/mol. The molecule has 0 bridgehead atoms. The summed E-state index contributed by atoms with van der Waals surface area (Å²) in [5, 5.41) is 0. The van der Waals surface area contributed by atoms with E-state index in [1.165, 1.54) is 0 Å². The maximum atomic E-state index is 5.22. The highest BCUT2D eigenvalue weighted by Crippen LogP contribution is 2.14. The normalized spacial score (nSPS) is 11.7. The van der Waals surface area contributed by atoms with Crippen molar-refractivity contribution in [2.24, 2.45) is 5.41 Å². The second kappa shape index (κ2) is 5.22. The molecule has 0 aliphatic heterocycles. The SMILES string of the molecule is C#CCCN(CC)CC(C)(C)C. The van der Waals surface area contributed by atoms with Gasteiger partial charge in [0.15, 0.2) is 0 Å². The van der Waals surface area contributed by atoms with Crippen LogP contribution in [0.25, 0.3) is 0 Å². The van der Waals surface area contributed by atoms with Gasteiger partial charge >= 0.3 is 0 Å². The molecule has 0 saturated heterocycles. The van der Waals surface area contributed by atoms with E-state index in [0.717, 1.165) is 26.1 Å². The van der Waals surface area contributed by atoms with E-state index in [0.29, 0.717) is 5.41 Å². The van der Waals surface area contributed by atoms with Gasteiger partial charge in [0.25, 0.3) is 0 Å². The van der Waals surface area contributed by atoms with Gasteiger partial charge in [-0.25, -0.2) is 0 Å². The number of hydrogen-bond donors (Lipinski definition) is 0. The molecule has 0 saturated carbocycles. The first-order valence-corrected chi connectivity index (χ1v) is 4.65. The zero-order chi connectivity index (χ0) is 9.61. The van der Waals surface area contributed by atoms with Crippen LogP contribution in [-0.2, 0) is 0 Å². The standard InChI is InChI=1S/C11H21N/c1-6-8-9-12(7-2)10-11(3,4)5/h1H,7-10H2,2-5H3. The molecule has 12 heavy (non-hydrogen) atoms. The maximum Gasteiger partial charge on any atom is 0.0214 e. The lowest BCUT2D eigenvalue weighted by atomic mass is 9.96. The zero-order valence-electron chi connectivity index (χ0n) is 8.85. The van der Waals surface area contributed by atoms with Crippen molar-refractivity contribution in [3.8, 4) is 12.3 Å². The maximum absolute atomic E-state index is 5.22. The van der Waals surface area contributed by atoms with Crippen LogP contribution in [0.3, 0.4) is 0 Å². The van der Waals surface area contributed by atoms with Crippen LogP contribution in [0.2, 0.25) is 0 Å². The largest absolute Gasteiger partial charge is 0.302 e. The first-order valence-electron chi connectivity index (χ1n) is 4.65. The molecule has 0 aliphatic carbocycles. The van der Waals surface area contributed by atoms with Gasteiger partial charge in [0.2, 0.25) is 0 Å². The van der Waals surface area contributed by atoms with Gasteiger partial charge in [-0.15, -0.1) is 12.3 Å². The quantitative estimate of drug-likeness (QED) is 0.581. The highest BCUT2D eigenvalue weighted by Gasteiger charge is 2.14. The molecule has 0 aromatic carbocycles. The average Bonchev–Trinajstić information content (AvgIpc) is 1.95. The summed E-state index contributed by atoms with van der Waals surface area (Å²) in [7, 11) is 0. The molecule has 0 aromatic rings. The molecular formula is C11H21N. The summed E-state index contributed by atoms with van der Waals surface area (Å²) < 4.78 is 0. The van der Waals surface area contributed by atoms with Gasteiger partial charge in [-0.05, 0) is 12.0 Å². The predicted octanol–water partition coefficient (Wildman–Crippen LogP) is 2.38. The van der Waals surface area contributed by atoms with Crippen molar-refractivity contribution in [2.45, 2.75) is 34.1 Å². The molecule has 0 rings (SSSR count). The van der Waals surface area contributed by atoms with E-state index in [9.17, 15) is 0 Å². The lowest BCUT2D eigenvalue weighted by molar-refractivity contribution is 0.203. The summed E-state index contributed by atoms with van der Waals surface area (Å²) in [5.74, 6) is 2.68. The molecule has 1 nitrogen and oxygen atoms in total. The third-order valence-corrected chi connectivity index (χ3v) is 1.72. The topological polar surface area (TPSA) is 3.24 Å². The smallest absolute Gasteiger partial charge is 0.0214 e. The van der Waals surface area contributed by atoms with Gasteiger partial charge < -0.3 is 4.90 Å². The van der Waals surface area contributed by atoms with Crippen molar-refractivity contribution in [1.29, 1.82) is 0 Å². The third kappa shape index (κ3) is 6.24. The Morgan fingerprint density at radius 1 is 1.33 bits per heavy atom. The minimum atomic E-state index is 0.380. The van der Waals surface area contributed by atoms with Crippen LogP contribution in [0.4, 0.5) is 0 Å². The van der Waals surface area contributed by atoms with Gasteiger partial charge in [0, 0.05) is 19.5 Å². The van der Waals surface area contributed by atoms with E-state index in [1.54, 1.807) is 0 Å². The van der Waals surface area contributed by atoms with Crippen molar-refractivity contribution in [3.63, 3.8) is 0 Å². The molecule has 0 radical (unpaired) electrons. The molecule has 0 atom stereocenters. The number of rotatable bonds is 4. The van der Waals surface area contributed by atoms with Crippen LogP contribution in [0.15, 0.2) is 0 Å². The third-order valence-electron chi connectivity index (χ3n) is 1.72. The molecule has 0 unspecified atom stereocenters. The molecule has 0 amide bonds. The van der Waals surface area contributed by atoms with E-state index in [-0.39, 0.29) is 0 Å². The molecule has 0 N–H and O–H groups in total. The molecule has 1 heteroatoms. The minimum Gasteiger partial charge on any atom is -0.302 e. The molecular weight excluding hydrogens is 146 g/mol. The molecule has 0 aliphatic rings. The van der Waals surface area contributed by atoms with Gasteiger partial charge in [-0.1, -0.05) is 27.7 Å². The lowest BCUT2D eigenvalue weighted by Gasteiger charge is -2.28. The Morgan fingerprint density at radius 3 is 2.25 bits per heavy atom. The van der Waals surface area contributed by atoms with Crippen molar-refractivity contribution in [3.05, 3.63) is 0 Å². The number of nitrogens with zero attached hydrogens (tertiary/aromatic N) is 1. The Balaban J connectivity index is 3.77. The lowest BCUT2D eigenvalue weighted by Crippen LogP contribution is -2.33. The van der Waals surface area contributed by atoms with Crippen LogP contribution in [0, 0.1) is 17.8 Å². The van der Waals surface area contributed by atoms with Crippen molar-refractivity contribution < 1.29 is 0 Å². The Morgan fingerprint density at radius 2 is 1.92 bits per heavy atom. The Hall–Kier alpha value is -0.480. The van der Waals surface area contributed by atoms with Crippen LogP contribution in [-0.4, -0.2) is 24.5 Å². The summed E-state index contributed by atoms with van der Waals surface area (Å²) >= 11 is 0. The first-order chi connectivity index (χ1) is 5.49. The fraction of sp³-hybridized carbons (Fsp3) is 0.818. The summed E-state index contributed by atoms with van der Waals surface area (Å²) in [6.45, 7) is 12.2. The predicted molar refractivity (Wildman–Crippen MR) is 55.0 cm³/mol. The second-order valence-corrected chi connectivity index (χ2v) is 4.38. The fourth-order valence-corrected chi connectivity index (χ4v) is 1.24. The average molecular weight is 167 g/mol. The number of hydrogen-bond acceptors (Lipinski definition) is 1. The van der Waals surface area contributed by atoms with E-state index in [2.05, 4.69) is 38.5 Å². The van der Waals surface area contributed by atoms with Crippen LogP contribution in [0.1, 0.15) is 34.1 Å². The Bertz CT molecular complexity index is 147. The summed E-state index contributed by atoms with van der Waals surface area (Å²) in [6, 6.07) is 0. The van der Waals surface area contributed by atoms with Gasteiger partial charge in [-0.2, -0.15) is 0 Å². The summed E-state index contributed by atoms with van der Waals surface area (Å²) in [5.41, 5.74) is 0.380. The number of terminal acetylenes is 1. The molecule has 70 valence electrons. The first kappa shape index (κ1) is 11.5. The highest BCUT2D eigenvalue weighted by atomic mass is 15.1. The van der Waals surface area contributed by atoms with Crippen LogP contribution in [0.5, 0.6) is 0 Å². The highest BCUT2D eigenvalue weighted by molar-refractivity contribution is 4.85. The summed E-state index contributed by atoms with van der Waals surface area (Å²) in [6.07, 6.45) is 6.08. The van der Waals surface area contributed by atoms with E-state index in [1.807, 2.05) is 0 Å². The summed E-state index contributed by atoms with van der Waals surface area (Å²) in [4.78, 5) is 2.40. The Kier molecular flexibility index (Phi) is 5.01. The van der Waals surface area contributed by atoms with Gasteiger partial charge in [0.1, 0.15) is 0 Å². The van der Waals surface area contributed by atoms with Crippen molar-refractivity contribution in [2.75, 3.05) is 19.6 Å². The second-order valence-electron chi connectivity index (χ2n) is 4.38. The Labute approximate surface area is 77.1 Å². The van der Waals surface area contributed by atoms with E-state index >= 15 is 0 Å². The van der Waals surface area contributed by atoms with E-state index in [4.69, 9.17) is 6.42 Å². The minimum absolute atomic E-state index is 0.380. The van der Waals surface area contributed by atoms with Crippen molar-refractivity contribution in [1.82, 2.24) is 4.90 Å². The molecule has 0 aromatic heterocycles. The van der Waals surface area contributed by atoms with Crippen LogP contribution >= 0.6 is 0 Å². The van der Waals surface area contributed by atoms with E-state index < -0.39 is 0 Å².